The first kappa shape index (κ1) is 23.6. The van der Waals surface area contributed by atoms with E-state index in [9.17, 15) is 13.2 Å². The summed E-state index contributed by atoms with van der Waals surface area (Å²) in [5, 5.41) is 16.4. The van der Waals surface area contributed by atoms with Crippen molar-refractivity contribution in [2.45, 2.75) is 19.8 Å². The summed E-state index contributed by atoms with van der Waals surface area (Å²) in [6.07, 6.45) is 1.09. The van der Waals surface area contributed by atoms with Gasteiger partial charge in [-0.15, -0.1) is 15.3 Å². The van der Waals surface area contributed by atoms with E-state index in [1.54, 1.807) is 38.1 Å². The molecule has 34 heavy (non-hydrogen) atoms. The van der Waals surface area contributed by atoms with Crippen LogP contribution in [0, 0.1) is 6.92 Å². The molecule has 4 aromatic rings. The van der Waals surface area contributed by atoms with Crippen molar-refractivity contribution in [1.82, 2.24) is 33.9 Å². The molecule has 0 spiro atoms. The molecule has 13 nitrogen and oxygen atoms in total. The summed E-state index contributed by atoms with van der Waals surface area (Å²) in [6.45, 7) is 3.68. The van der Waals surface area contributed by atoms with Crippen molar-refractivity contribution < 1.29 is 17.9 Å². The topological polar surface area (TPSA) is 169 Å². The maximum Gasteiger partial charge on any atom is 0.338 e. The number of aromatic nitrogens is 6. The van der Waals surface area contributed by atoms with Crippen LogP contribution in [0.4, 0.5) is 10.8 Å². The van der Waals surface area contributed by atoms with Crippen LogP contribution in [0.5, 0.6) is 0 Å². The first-order valence-corrected chi connectivity index (χ1v) is 12.7. The molecule has 178 valence electrons. The van der Waals surface area contributed by atoms with Gasteiger partial charge in [-0.3, -0.25) is 5.10 Å². The number of carbonyl (C=O) groups excluding carboxylic acids is 1. The van der Waals surface area contributed by atoms with Crippen molar-refractivity contribution in [3.8, 4) is 11.3 Å². The summed E-state index contributed by atoms with van der Waals surface area (Å²) in [7, 11) is -2.05. The van der Waals surface area contributed by atoms with Crippen LogP contribution in [0.25, 0.3) is 16.9 Å². The Morgan fingerprint density at radius 2 is 2.06 bits per heavy atom. The van der Waals surface area contributed by atoms with Crippen molar-refractivity contribution in [1.29, 1.82) is 0 Å². The SMILES string of the molecule is COC(=O)c1ccccc1-c1[nH]n2nc(C(C)CNS(C)(=O)=O)nc2c1N=Nc1nc(C)ns1. The zero-order chi connectivity index (χ0) is 24.5. The van der Waals surface area contributed by atoms with Crippen LogP contribution < -0.4 is 4.72 Å². The molecule has 0 fully saturated rings. The predicted molar refractivity (Wildman–Crippen MR) is 124 cm³/mol. The van der Waals surface area contributed by atoms with E-state index >= 15 is 0 Å². The van der Waals surface area contributed by atoms with Gasteiger partial charge in [-0.1, -0.05) is 25.1 Å². The Balaban J connectivity index is 1.82. The van der Waals surface area contributed by atoms with Gasteiger partial charge in [-0.25, -0.2) is 27.9 Å². The van der Waals surface area contributed by atoms with Crippen LogP contribution in [0.15, 0.2) is 34.5 Å². The van der Waals surface area contributed by atoms with Gasteiger partial charge in [0.1, 0.15) is 5.82 Å². The minimum Gasteiger partial charge on any atom is -0.465 e. The zero-order valence-corrected chi connectivity index (χ0v) is 20.3. The Morgan fingerprint density at radius 1 is 1.29 bits per heavy atom. The molecule has 0 bridgehead atoms. The number of nitrogens with one attached hydrogen (secondary N) is 2. The Kier molecular flexibility index (Phi) is 6.49. The number of methoxy groups -OCH3 is 1. The number of carbonyl (C=O) groups is 1. The molecular formula is C19H21N9O4S2. The van der Waals surface area contributed by atoms with Crippen LogP contribution in [0.1, 0.15) is 34.8 Å². The Hall–Kier alpha value is -3.56. The number of aryl methyl sites for hydroxylation is 1. The van der Waals surface area contributed by atoms with Crippen LogP contribution in [-0.2, 0) is 14.8 Å². The second-order valence-corrected chi connectivity index (χ2v) is 9.99. The average Bonchev–Trinajstić information content (AvgIpc) is 3.49. The van der Waals surface area contributed by atoms with E-state index in [1.807, 2.05) is 0 Å². The van der Waals surface area contributed by atoms with E-state index in [0.717, 1.165) is 17.8 Å². The van der Waals surface area contributed by atoms with Gasteiger partial charge < -0.3 is 4.74 Å². The van der Waals surface area contributed by atoms with E-state index in [1.165, 1.54) is 11.7 Å². The number of fused-ring (bicyclic) bond motifs is 1. The summed E-state index contributed by atoms with van der Waals surface area (Å²) in [5.74, 6) is 0.147. The molecule has 3 aromatic heterocycles. The number of hydrogen-bond acceptors (Lipinski definition) is 11. The molecule has 0 saturated heterocycles. The highest BCUT2D eigenvalue weighted by atomic mass is 32.2. The number of benzene rings is 1. The molecule has 0 aliphatic heterocycles. The van der Waals surface area contributed by atoms with Crippen molar-refractivity contribution in [3.05, 3.63) is 41.5 Å². The molecule has 1 unspecified atom stereocenters. The Bertz CT molecular complexity index is 1490. The molecule has 2 N–H and O–H groups in total. The fourth-order valence-electron chi connectivity index (χ4n) is 3.10. The molecule has 0 amide bonds. The van der Waals surface area contributed by atoms with Crippen molar-refractivity contribution >= 4 is 44.0 Å². The minimum atomic E-state index is -3.36. The quantitative estimate of drug-likeness (QED) is 0.273. The van der Waals surface area contributed by atoms with Crippen LogP contribution in [0.2, 0.25) is 0 Å². The molecule has 0 radical (unpaired) electrons. The third kappa shape index (κ3) is 5.00. The lowest BCUT2D eigenvalue weighted by Gasteiger charge is -2.08. The van der Waals surface area contributed by atoms with Gasteiger partial charge in [0, 0.05) is 29.6 Å². The second-order valence-electron chi connectivity index (χ2n) is 7.42. The number of esters is 1. The Labute approximate surface area is 198 Å². The number of azo groups is 1. The second kappa shape index (κ2) is 9.36. The van der Waals surface area contributed by atoms with Crippen molar-refractivity contribution in [3.63, 3.8) is 0 Å². The summed E-state index contributed by atoms with van der Waals surface area (Å²) in [5.41, 5.74) is 1.97. The molecular weight excluding hydrogens is 482 g/mol. The highest BCUT2D eigenvalue weighted by Gasteiger charge is 2.24. The standard InChI is InChI=1S/C19H21N9O4S2/c1-10(9-20-34(4,30)31)16-22-17-15(23-24-19-21-11(2)27-33-19)14(25-28(17)26-16)12-7-5-6-8-13(12)18(29)32-3/h5-8,10,20,25H,9H2,1-4H3. The van der Waals surface area contributed by atoms with Crippen molar-refractivity contribution in [2.75, 3.05) is 19.9 Å². The molecule has 0 aliphatic carbocycles. The van der Waals surface area contributed by atoms with Gasteiger partial charge in [-0.2, -0.15) is 9.00 Å². The molecule has 0 aliphatic rings. The number of H-pyrrole nitrogens is 1. The lowest BCUT2D eigenvalue weighted by Crippen LogP contribution is -2.26. The first-order valence-electron chi connectivity index (χ1n) is 9.99. The summed E-state index contributed by atoms with van der Waals surface area (Å²) >= 11 is 1.10. The summed E-state index contributed by atoms with van der Waals surface area (Å²) in [6, 6.07) is 6.88. The molecule has 1 aromatic carbocycles. The highest BCUT2D eigenvalue weighted by Crippen LogP contribution is 2.36. The average molecular weight is 504 g/mol. The van der Waals surface area contributed by atoms with Gasteiger partial charge in [0.05, 0.1) is 24.6 Å². The predicted octanol–water partition coefficient (Wildman–Crippen LogP) is 2.74. The normalized spacial score (nSPS) is 13.1. The van der Waals surface area contributed by atoms with Gasteiger partial charge >= 0.3 is 5.97 Å². The van der Waals surface area contributed by atoms with Crippen LogP contribution in [0.3, 0.4) is 0 Å². The number of sulfonamides is 1. The molecule has 0 saturated carbocycles. The van der Waals surface area contributed by atoms with E-state index in [2.05, 4.69) is 39.5 Å². The van der Waals surface area contributed by atoms with E-state index in [4.69, 9.17) is 4.74 Å². The van der Waals surface area contributed by atoms with Gasteiger partial charge in [-0.05, 0) is 13.0 Å². The maximum absolute atomic E-state index is 12.3. The van der Waals surface area contributed by atoms with Crippen LogP contribution >= 0.6 is 11.5 Å². The Morgan fingerprint density at radius 3 is 2.74 bits per heavy atom. The molecule has 3 heterocycles. The highest BCUT2D eigenvalue weighted by molar-refractivity contribution is 7.88. The van der Waals surface area contributed by atoms with Gasteiger partial charge in [0.2, 0.25) is 20.8 Å². The van der Waals surface area contributed by atoms with Crippen LogP contribution in [-0.4, -0.2) is 63.5 Å². The van der Waals surface area contributed by atoms with Gasteiger partial charge in [0.25, 0.3) is 0 Å². The lowest BCUT2D eigenvalue weighted by atomic mass is 10.0. The van der Waals surface area contributed by atoms with E-state index < -0.39 is 16.0 Å². The van der Waals surface area contributed by atoms with Crippen molar-refractivity contribution in [2.24, 2.45) is 10.2 Å². The number of hydrogen-bond donors (Lipinski definition) is 2. The number of aromatic amines is 1. The number of nitrogens with zero attached hydrogens (tertiary/aromatic N) is 7. The number of ether oxygens (including phenoxy) is 1. The summed E-state index contributed by atoms with van der Waals surface area (Å²) < 4.78 is 35.7. The van der Waals surface area contributed by atoms with E-state index in [-0.39, 0.29) is 12.5 Å². The number of rotatable bonds is 8. The third-order valence-corrected chi connectivity index (χ3v) is 6.12. The molecule has 15 heteroatoms. The monoisotopic (exact) mass is 503 g/mol. The first-order chi connectivity index (χ1) is 16.2. The minimum absolute atomic E-state index is 0.130. The van der Waals surface area contributed by atoms with Gasteiger partial charge in [0.15, 0.2) is 11.5 Å². The lowest BCUT2D eigenvalue weighted by molar-refractivity contribution is 0.0601. The molecule has 4 rings (SSSR count). The summed E-state index contributed by atoms with van der Waals surface area (Å²) in [4.78, 5) is 21.1. The maximum atomic E-state index is 12.3. The largest absolute Gasteiger partial charge is 0.465 e. The van der Waals surface area contributed by atoms with E-state index in [0.29, 0.717) is 44.9 Å². The fourth-order valence-corrected chi connectivity index (χ4v) is 4.16. The zero-order valence-electron chi connectivity index (χ0n) is 18.7. The third-order valence-electron chi connectivity index (χ3n) is 4.74. The molecule has 1 atom stereocenters. The fraction of sp³-hybridized carbons (Fsp3) is 0.316. The smallest absolute Gasteiger partial charge is 0.338 e.